The largest absolute Gasteiger partial charge is 0.479 e. The van der Waals surface area contributed by atoms with Gasteiger partial charge in [0, 0.05) is 28.2 Å². The van der Waals surface area contributed by atoms with E-state index in [1.807, 2.05) is 32.0 Å². The number of ether oxygens (including phenoxy) is 2. The van der Waals surface area contributed by atoms with Gasteiger partial charge in [0.2, 0.25) is 0 Å². The van der Waals surface area contributed by atoms with Gasteiger partial charge in [-0.25, -0.2) is 9.59 Å². The van der Waals surface area contributed by atoms with E-state index in [0.717, 1.165) is 27.7 Å². The molecule has 0 radical (unpaired) electrons. The first-order valence-corrected chi connectivity index (χ1v) is 10.2. The SMILES string of the molecule is C=CCOC(=O)c1ccc2c(c1)c(C)c(C)n2Cc1cc(Cl)cc(O[C@@H](C)C(=O)O)c1. The molecule has 3 rings (SSSR count). The Morgan fingerprint density at radius 3 is 2.65 bits per heavy atom. The molecule has 1 aromatic heterocycles. The van der Waals surface area contributed by atoms with Crippen molar-refractivity contribution < 1.29 is 24.2 Å². The van der Waals surface area contributed by atoms with Crippen LogP contribution in [0.1, 0.15) is 34.1 Å². The standard InChI is InChI=1S/C24H24ClNO5/c1-5-8-30-24(29)18-6-7-22-21(11-18)14(2)15(3)26(22)13-17-9-19(25)12-20(10-17)31-16(4)23(27)28/h5-7,9-12,16H,1,8,13H2,2-4H3,(H,27,28)/t16-/m0/s1. The van der Waals surface area contributed by atoms with Gasteiger partial charge < -0.3 is 19.1 Å². The summed E-state index contributed by atoms with van der Waals surface area (Å²) in [6.45, 7) is 9.71. The molecule has 1 atom stereocenters. The van der Waals surface area contributed by atoms with Crippen molar-refractivity contribution in [3.63, 3.8) is 0 Å². The van der Waals surface area contributed by atoms with Crippen molar-refractivity contribution in [3.8, 4) is 5.75 Å². The number of hydrogen-bond donors (Lipinski definition) is 1. The maximum Gasteiger partial charge on any atom is 0.344 e. The Balaban J connectivity index is 1.96. The number of benzene rings is 2. The number of halogens is 1. The van der Waals surface area contributed by atoms with Gasteiger partial charge in [-0.2, -0.15) is 0 Å². The molecule has 1 N–H and O–H groups in total. The predicted molar refractivity (Wildman–Crippen MR) is 120 cm³/mol. The normalized spacial score (nSPS) is 11.9. The van der Waals surface area contributed by atoms with Crippen molar-refractivity contribution in [3.05, 3.63) is 76.5 Å². The van der Waals surface area contributed by atoms with Crippen LogP contribution in [0.4, 0.5) is 0 Å². The Bertz CT molecular complexity index is 1160. The number of carboxylic acid groups (broad SMARTS) is 1. The van der Waals surface area contributed by atoms with Gasteiger partial charge in [-0.1, -0.05) is 24.3 Å². The average molecular weight is 442 g/mol. The summed E-state index contributed by atoms with van der Waals surface area (Å²) in [5.74, 6) is -1.04. The Hall–Kier alpha value is -3.25. The Morgan fingerprint density at radius 2 is 1.97 bits per heavy atom. The number of carboxylic acids is 1. The molecule has 162 valence electrons. The summed E-state index contributed by atoms with van der Waals surface area (Å²) < 4.78 is 12.7. The van der Waals surface area contributed by atoms with E-state index in [-0.39, 0.29) is 6.61 Å². The third-order valence-corrected chi connectivity index (χ3v) is 5.36. The van der Waals surface area contributed by atoms with Crippen LogP contribution < -0.4 is 4.74 Å². The summed E-state index contributed by atoms with van der Waals surface area (Å²) >= 11 is 6.24. The van der Waals surface area contributed by atoms with E-state index in [9.17, 15) is 9.59 Å². The van der Waals surface area contributed by atoms with Gasteiger partial charge in [-0.3, -0.25) is 0 Å². The number of nitrogens with zero attached hydrogens (tertiary/aromatic N) is 1. The maximum absolute atomic E-state index is 12.2. The fourth-order valence-corrected chi connectivity index (χ4v) is 3.66. The molecule has 31 heavy (non-hydrogen) atoms. The Morgan fingerprint density at radius 1 is 1.23 bits per heavy atom. The van der Waals surface area contributed by atoms with Gasteiger partial charge in [-0.05, 0) is 68.3 Å². The quantitative estimate of drug-likeness (QED) is 0.386. The van der Waals surface area contributed by atoms with E-state index in [2.05, 4.69) is 11.1 Å². The highest BCUT2D eigenvalue weighted by molar-refractivity contribution is 6.30. The highest BCUT2D eigenvalue weighted by Crippen LogP contribution is 2.29. The van der Waals surface area contributed by atoms with Crippen LogP contribution in [0.2, 0.25) is 5.02 Å². The third-order valence-electron chi connectivity index (χ3n) is 5.14. The molecule has 3 aromatic rings. The fraction of sp³-hybridized carbons (Fsp3) is 0.250. The number of esters is 1. The number of rotatable bonds is 8. The summed E-state index contributed by atoms with van der Waals surface area (Å²) in [5, 5.41) is 10.5. The van der Waals surface area contributed by atoms with Gasteiger partial charge in [0.1, 0.15) is 12.4 Å². The van der Waals surface area contributed by atoms with Crippen molar-refractivity contribution in [1.29, 1.82) is 0 Å². The molecule has 0 saturated heterocycles. The molecular weight excluding hydrogens is 418 g/mol. The summed E-state index contributed by atoms with van der Waals surface area (Å²) in [5.41, 5.74) is 4.43. The van der Waals surface area contributed by atoms with Crippen molar-refractivity contribution in [1.82, 2.24) is 4.57 Å². The lowest BCUT2D eigenvalue weighted by atomic mass is 10.1. The maximum atomic E-state index is 12.2. The van der Waals surface area contributed by atoms with Crippen LogP contribution in [0.3, 0.4) is 0 Å². The van der Waals surface area contributed by atoms with Crippen LogP contribution in [-0.2, 0) is 16.1 Å². The summed E-state index contributed by atoms with van der Waals surface area (Å²) in [7, 11) is 0. The number of aliphatic carboxylic acids is 1. The molecule has 0 aliphatic heterocycles. The highest BCUT2D eigenvalue weighted by atomic mass is 35.5. The number of aromatic nitrogens is 1. The van der Waals surface area contributed by atoms with Crippen molar-refractivity contribution in [2.24, 2.45) is 0 Å². The van der Waals surface area contributed by atoms with Crippen molar-refractivity contribution >= 4 is 34.4 Å². The van der Waals surface area contributed by atoms with E-state index >= 15 is 0 Å². The first kappa shape index (κ1) is 22.4. The number of carbonyl (C=O) groups is 2. The van der Waals surface area contributed by atoms with Gasteiger partial charge in [-0.15, -0.1) is 0 Å². The molecular formula is C24H24ClNO5. The summed E-state index contributed by atoms with van der Waals surface area (Å²) in [6, 6.07) is 10.7. The van der Waals surface area contributed by atoms with Gasteiger partial charge in [0.05, 0.1) is 5.56 Å². The second kappa shape index (κ2) is 9.27. The van der Waals surface area contributed by atoms with Gasteiger partial charge in [0.25, 0.3) is 0 Å². The zero-order valence-corrected chi connectivity index (χ0v) is 18.4. The first-order chi connectivity index (χ1) is 14.7. The Labute approximate surface area is 185 Å². The average Bonchev–Trinajstić information content (AvgIpc) is 2.95. The molecule has 0 aliphatic rings. The van der Waals surface area contributed by atoms with Gasteiger partial charge in [0.15, 0.2) is 6.10 Å². The van der Waals surface area contributed by atoms with E-state index in [1.165, 1.54) is 13.0 Å². The van der Waals surface area contributed by atoms with Crippen LogP contribution in [0.5, 0.6) is 5.75 Å². The monoisotopic (exact) mass is 441 g/mol. The number of aryl methyl sites for hydroxylation is 1. The minimum atomic E-state index is -1.05. The second-order valence-electron chi connectivity index (χ2n) is 7.31. The van der Waals surface area contributed by atoms with Gasteiger partial charge >= 0.3 is 11.9 Å². The van der Waals surface area contributed by atoms with Crippen molar-refractivity contribution in [2.45, 2.75) is 33.4 Å². The van der Waals surface area contributed by atoms with E-state index < -0.39 is 18.0 Å². The minimum absolute atomic E-state index is 0.162. The number of fused-ring (bicyclic) bond motifs is 1. The zero-order valence-electron chi connectivity index (χ0n) is 17.6. The molecule has 0 amide bonds. The molecule has 0 fully saturated rings. The van der Waals surface area contributed by atoms with E-state index in [4.69, 9.17) is 26.2 Å². The molecule has 1 heterocycles. The number of carbonyl (C=O) groups excluding carboxylic acids is 1. The molecule has 2 aromatic carbocycles. The fourth-order valence-electron chi connectivity index (χ4n) is 3.42. The molecule has 0 bridgehead atoms. The summed E-state index contributed by atoms with van der Waals surface area (Å²) in [4.78, 5) is 23.3. The Kier molecular flexibility index (Phi) is 6.71. The van der Waals surface area contributed by atoms with E-state index in [0.29, 0.717) is 22.9 Å². The predicted octanol–water partition coefficient (Wildman–Crippen LogP) is 5.15. The molecule has 0 saturated carbocycles. The lowest BCUT2D eigenvalue weighted by Crippen LogP contribution is -2.22. The summed E-state index contributed by atoms with van der Waals surface area (Å²) in [6.07, 6.45) is 0.546. The minimum Gasteiger partial charge on any atom is -0.479 e. The van der Waals surface area contributed by atoms with Crippen molar-refractivity contribution in [2.75, 3.05) is 6.61 Å². The van der Waals surface area contributed by atoms with Crippen LogP contribution in [0.15, 0.2) is 49.1 Å². The molecule has 7 heteroatoms. The van der Waals surface area contributed by atoms with Crippen LogP contribution in [0.25, 0.3) is 10.9 Å². The van der Waals surface area contributed by atoms with Crippen LogP contribution in [0, 0.1) is 13.8 Å². The molecule has 0 unspecified atom stereocenters. The third kappa shape index (κ3) is 4.91. The molecule has 0 aliphatic carbocycles. The molecule has 0 spiro atoms. The lowest BCUT2D eigenvalue weighted by Gasteiger charge is -2.14. The number of hydrogen-bond acceptors (Lipinski definition) is 4. The second-order valence-corrected chi connectivity index (χ2v) is 7.75. The van der Waals surface area contributed by atoms with E-state index in [1.54, 1.807) is 18.2 Å². The molecule has 6 nitrogen and oxygen atoms in total. The van der Waals surface area contributed by atoms with Crippen LogP contribution in [-0.4, -0.2) is 34.3 Å². The highest BCUT2D eigenvalue weighted by Gasteiger charge is 2.17. The first-order valence-electron chi connectivity index (χ1n) is 9.77. The zero-order chi connectivity index (χ0) is 22.7. The smallest absolute Gasteiger partial charge is 0.344 e. The topological polar surface area (TPSA) is 77.8 Å². The lowest BCUT2D eigenvalue weighted by molar-refractivity contribution is -0.144. The van der Waals surface area contributed by atoms with Crippen LogP contribution >= 0.6 is 11.6 Å².